The first-order valence-corrected chi connectivity index (χ1v) is 7.42. The molecule has 1 atom stereocenters. The van der Waals surface area contributed by atoms with Crippen molar-refractivity contribution in [3.8, 4) is 0 Å². The fourth-order valence-corrected chi connectivity index (χ4v) is 2.68. The first-order chi connectivity index (χ1) is 7.99. The molecule has 0 unspecified atom stereocenters. The summed E-state index contributed by atoms with van der Waals surface area (Å²) >= 11 is 1.59. The summed E-state index contributed by atoms with van der Waals surface area (Å²) in [5.41, 5.74) is -0.354. The highest BCUT2D eigenvalue weighted by molar-refractivity contribution is 7.98. The van der Waals surface area contributed by atoms with E-state index in [2.05, 4.69) is 5.32 Å². The van der Waals surface area contributed by atoms with Crippen molar-refractivity contribution in [1.29, 1.82) is 0 Å². The quantitative estimate of drug-likeness (QED) is 0.764. The van der Waals surface area contributed by atoms with Gasteiger partial charge in [-0.15, -0.1) is 0 Å². The van der Waals surface area contributed by atoms with E-state index in [0.29, 0.717) is 6.42 Å². The monoisotopic (exact) mass is 259 g/mol. The van der Waals surface area contributed by atoms with E-state index in [0.717, 1.165) is 31.4 Å². The number of carbonyl (C=O) groups excluding carboxylic acids is 1. The van der Waals surface area contributed by atoms with Crippen LogP contribution in [-0.4, -0.2) is 35.0 Å². The van der Waals surface area contributed by atoms with Crippen LogP contribution in [-0.2, 0) is 9.59 Å². The molecule has 0 bridgehead atoms. The molecule has 17 heavy (non-hydrogen) atoms. The molecule has 5 heteroatoms. The fraction of sp³-hybridized carbons (Fsp3) is 0.833. The topological polar surface area (TPSA) is 66.4 Å². The SMILES string of the molecule is CSCC[C@@H](NC(=O)C1(C)CCCC1)C(=O)O. The molecule has 0 aliphatic heterocycles. The molecule has 0 aromatic heterocycles. The van der Waals surface area contributed by atoms with Crippen LogP contribution in [0.2, 0.25) is 0 Å². The Morgan fingerprint density at radius 3 is 2.47 bits per heavy atom. The lowest BCUT2D eigenvalue weighted by atomic mass is 9.87. The molecule has 2 N–H and O–H groups in total. The van der Waals surface area contributed by atoms with E-state index in [1.54, 1.807) is 11.8 Å². The first kappa shape index (κ1) is 14.4. The second-order valence-corrected chi connectivity index (χ2v) is 5.90. The largest absolute Gasteiger partial charge is 0.480 e. The predicted octanol–water partition coefficient (Wildman–Crippen LogP) is 1.89. The number of carbonyl (C=O) groups is 2. The van der Waals surface area contributed by atoms with Crippen molar-refractivity contribution in [1.82, 2.24) is 5.32 Å². The molecule has 1 rings (SSSR count). The zero-order chi connectivity index (χ0) is 12.9. The Bertz CT molecular complexity index is 287. The lowest BCUT2D eigenvalue weighted by Gasteiger charge is -2.25. The summed E-state index contributed by atoms with van der Waals surface area (Å²) in [5.74, 6) is -0.286. The number of thioether (sulfide) groups is 1. The fourth-order valence-electron chi connectivity index (χ4n) is 2.21. The number of nitrogens with one attached hydrogen (secondary N) is 1. The van der Waals surface area contributed by atoms with Gasteiger partial charge in [-0.25, -0.2) is 4.79 Å². The van der Waals surface area contributed by atoms with Crippen LogP contribution >= 0.6 is 11.8 Å². The summed E-state index contributed by atoms with van der Waals surface area (Å²) in [6.07, 6.45) is 6.28. The van der Waals surface area contributed by atoms with Crippen LogP contribution in [0.1, 0.15) is 39.0 Å². The maximum atomic E-state index is 12.1. The first-order valence-electron chi connectivity index (χ1n) is 6.02. The van der Waals surface area contributed by atoms with Gasteiger partial charge in [-0.05, 0) is 31.3 Å². The third-order valence-electron chi connectivity index (χ3n) is 3.47. The van der Waals surface area contributed by atoms with Crippen LogP contribution in [0.3, 0.4) is 0 Å². The van der Waals surface area contributed by atoms with Crippen LogP contribution in [0.15, 0.2) is 0 Å². The molecular formula is C12H21NO3S. The molecule has 0 spiro atoms. The number of rotatable bonds is 6. The second-order valence-electron chi connectivity index (χ2n) is 4.91. The van der Waals surface area contributed by atoms with Crippen molar-refractivity contribution in [3.63, 3.8) is 0 Å². The van der Waals surface area contributed by atoms with Crippen molar-refractivity contribution < 1.29 is 14.7 Å². The van der Waals surface area contributed by atoms with E-state index < -0.39 is 12.0 Å². The van der Waals surface area contributed by atoms with Crippen molar-refractivity contribution in [3.05, 3.63) is 0 Å². The van der Waals surface area contributed by atoms with Gasteiger partial charge in [-0.3, -0.25) is 4.79 Å². The summed E-state index contributed by atoms with van der Waals surface area (Å²) in [6.45, 7) is 1.93. The summed E-state index contributed by atoms with van der Waals surface area (Å²) in [5, 5.41) is 11.7. The standard InChI is InChI=1S/C12H21NO3S/c1-12(6-3-4-7-12)11(16)13-9(10(14)15)5-8-17-2/h9H,3-8H2,1-2H3,(H,13,16)(H,14,15)/t9-/m1/s1. The number of carboxylic acids is 1. The van der Waals surface area contributed by atoms with E-state index >= 15 is 0 Å². The highest BCUT2D eigenvalue weighted by atomic mass is 32.2. The molecule has 0 saturated heterocycles. The van der Waals surface area contributed by atoms with Gasteiger partial charge in [0.15, 0.2) is 0 Å². The number of aliphatic carboxylic acids is 1. The Morgan fingerprint density at radius 2 is 2.00 bits per heavy atom. The summed E-state index contributed by atoms with van der Waals surface area (Å²) in [7, 11) is 0. The van der Waals surface area contributed by atoms with Gasteiger partial charge in [-0.2, -0.15) is 11.8 Å². The average molecular weight is 259 g/mol. The lowest BCUT2D eigenvalue weighted by Crippen LogP contribution is -2.47. The number of amides is 1. The maximum Gasteiger partial charge on any atom is 0.326 e. The third kappa shape index (κ3) is 3.91. The van der Waals surface area contributed by atoms with E-state index in [4.69, 9.17) is 5.11 Å². The predicted molar refractivity (Wildman–Crippen MR) is 69.1 cm³/mol. The molecule has 0 radical (unpaired) electrons. The molecule has 0 aromatic carbocycles. The Kier molecular flexibility index (Phi) is 5.31. The summed E-state index contributed by atoms with van der Waals surface area (Å²) in [6, 6.07) is -0.743. The van der Waals surface area contributed by atoms with Gasteiger partial charge in [0, 0.05) is 5.41 Å². The van der Waals surface area contributed by atoms with E-state index in [9.17, 15) is 9.59 Å². The van der Waals surface area contributed by atoms with Gasteiger partial charge < -0.3 is 10.4 Å². The van der Waals surface area contributed by atoms with Gasteiger partial charge in [-0.1, -0.05) is 19.8 Å². The normalized spacial score (nSPS) is 19.9. The maximum absolute atomic E-state index is 12.1. The zero-order valence-corrected chi connectivity index (χ0v) is 11.3. The van der Waals surface area contributed by atoms with Crippen molar-refractivity contribution in [2.75, 3.05) is 12.0 Å². The Morgan fingerprint density at radius 1 is 1.41 bits per heavy atom. The molecule has 1 saturated carbocycles. The second kappa shape index (κ2) is 6.28. The lowest BCUT2D eigenvalue weighted by molar-refractivity contribution is -0.143. The summed E-state index contributed by atoms with van der Waals surface area (Å²) < 4.78 is 0. The smallest absolute Gasteiger partial charge is 0.326 e. The van der Waals surface area contributed by atoms with E-state index in [1.165, 1.54) is 0 Å². The molecular weight excluding hydrogens is 238 g/mol. The molecule has 1 aliphatic carbocycles. The Hall–Kier alpha value is -0.710. The average Bonchev–Trinajstić information content (AvgIpc) is 2.72. The van der Waals surface area contributed by atoms with E-state index in [-0.39, 0.29) is 11.3 Å². The number of hydrogen-bond acceptors (Lipinski definition) is 3. The Labute approximate surface area is 107 Å². The van der Waals surface area contributed by atoms with Gasteiger partial charge >= 0.3 is 5.97 Å². The number of hydrogen-bond donors (Lipinski definition) is 2. The molecule has 0 aromatic rings. The molecule has 4 nitrogen and oxygen atoms in total. The third-order valence-corrected chi connectivity index (χ3v) is 4.11. The van der Waals surface area contributed by atoms with E-state index in [1.807, 2.05) is 13.2 Å². The van der Waals surface area contributed by atoms with Crippen molar-refractivity contribution in [2.24, 2.45) is 5.41 Å². The highest BCUT2D eigenvalue weighted by Gasteiger charge is 2.37. The van der Waals surface area contributed by atoms with Gasteiger partial charge in [0.25, 0.3) is 0 Å². The van der Waals surface area contributed by atoms with Crippen LogP contribution < -0.4 is 5.32 Å². The zero-order valence-electron chi connectivity index (χ0n) is 10.5. The molecule has 1 amide bonds. The molecule has 1 fully saturated rings. The van der Waals surface area contributed by atoms with Gasteiger partial charge in [0.1, 0.15) is 6.04 Å². The van der Waals surface area contributed by atoms with Crippen LogP contribution in [0.4, 0.5) is 0 Å². The van der Waals surface area contributed by atoms with Crippen LogP contribution in [0.5, 0.6) is 0 Å². The summed E-state index contributed by atoms with van der Waals surface area (Å²) in [4.78, 5) is 23.1. The minimum atomic E-state index is -0.936. The van der Waals surface area contributed by atoms with Crippen LogP contribution in [0, 0.1) is 5.41 Å². The van der Waals surface area contributed by atoms with Crippen molar-refractivity contribution >= 4 is 23.6 Å². The highest BCUT2D eigenvalue weighted by Crippen LogP contribution is 2.37. The van der Waals surface area contributed by atoms with Crippen LogP contribution in [0.25, 0.3) is 0 Å². The Balaban J connectivity index is 2.54. The number of carboxylic acid groups (broad SMARTS) is 1. The van der Waals surface area contributed by atoms with Gasteiger partial charge in [0.2, 0.25) is 5.91 Å². The van der Waals surface area contributed by atoms with Crippen molar-refractivity contribution in [2.45, 2.75) is 45.1 Å². The minimum absolute atomic E-state index is 0.0940. The van der Waals surface area contributed by atoms with Gasteiger partial charge in [0.05, 0.1) is 0 Å². The minimum Gasteiger partial charge on any atom is -0.480 e. The molecule has 98 valence electrons. The molecule has 1 aliphatic rings. The molecule has 0 heterocycles.